The number of anilines is 2. The molecule has 0 aliphatic heterocycles. The van der Waals surface area contributed by atoms with Crippen LogP contribution in [0.2, 0.25) is 0 Å². The van der Waals surface area contributed by atoms with Crippen molar-refractivity contribution in [2.24, 2.45) is 0 Å². The quantitative estimate of drug-likeness (QED) is 0.575. The van der Waals surface area contributed by atoms with E-state index in [0.717, 1.165) is 11.4 Å². The van der Waals surface area contributed by atoms with Crippen molar-refractivity contribution >= 4 is 29.0 Å². The molecule has 6 nitrogen and oxygen atoms in total. The lowest BCUT2D eigenvalue weighted by Crippen LogP contribution is -2.14. The average Bonchev–Trinajstić information content (AvgIpc) is 3.15. The van der Waals surface area contributed by atoms with E-state index in [0.29, 0.717) is 17.5 Å². The standard InChI is InChI=1S/C21H24N4O2S/c1-15(16-7-5-4-6-8-16)13-20-23-24-21(27-20)28-14-19(26)22-17-9-11-18(12-10-17)25(2)3/h4-12,15H,13-14H2,1-3H3,(H,22,26). The number of carbonyl (C=O) groups excluding carboxylic acids is 1. The summed E-state index contributed by atoms with van der Waals surface area (Å²) in [6.07, 6.45) is 0.669. The number of nitrogens with zero attached hydrogens (tertiary/aromatic N) is 3. The number of hydrogen-bond donors (Lipinski definition) is 1. The summed E-state index contributed by atoms with van der Waals surface area (Å²) in [5, 5.41) is 11.4. The summed E-state index contributed by atoms with van der Waals surface area (Å²) < 4.78 is 5.67. The van der Waals surface area contributed by atoms with Crippen molar-refractivity contribution in [3.8, 4) is 0 Å². The van der Waals surface area contributed by atoms with E-state index in [1.54, 1.807) is 0 Å². The maximum Gasteiger partial charge on any atom is 0.277 e. The molecule has 0 saturated heterocycles. The van der Waals surface area contributed by atoms with E-state index in [9.17, 15) is 4.79 Å². The summed E-state index contributed by atoms with van der Waals surface area (Å²) in [7, 11) is 3.95. The van der Waals surface area contributed by atoms with E-state index in [4.69, 9.17) is 4.42 Å². The van der Waals surface area contributed by atoms with Gasteiger partial charge in [-0.25, -0.2) is 0 Å². The van der Waals surface area contributed by atoms with Crippen LogP contribution in [0, 0.1) is 0 Å². The van der Waals surface area contributed by atoms with Crippen molar-refractivity contribution in [1.29, 1.82) is 0 Å². The van der Waals surface area contributed by atoms with Crippen LogP contribution in [0.1, 0.15) is 24.3 Å². The Morgan fingerprint density at radius 3 is 2.50 bits per heavy atom. The highest BCUT2D eigenvalue weighted by Crippen LogP contribution is 2.22. The minimum absolute atomic E-state index is 0.111. The molecular formula is C21H24N4O2S. The minimum Gasteiger partial charge on any atom is -0.416 e. The fraction of sp³-hybridized carbons (Fsp3) is 0.286. The van der Waals surface area contributed by atoms with Crippen molar-refractivity contribution in [1.82, 2.24) is 10.2 Å². The third kappa shape index (κ3) is 5.60. The molecule has 3 rings (SSSR count). The molecule has 0 aliphatic rings. The van der Waals surface area contributed by atoms with Gasteiger partial charge in [-0.3, -0.25) is 4.79 Å². The summed E-state index contributed by atoms with van der Waals surface area (Å²) >= 11 is 1.24. The van der Waals surface area contributed by atoms with Crippen LogP contribution in [0.25, 0.3) is 0 Å². The van der Waals surface area contributed by atoms with E-state index < -0.39 is 0 Å². The number of amides is 1. The molecule has 0 radical (unpaired) electrons. The van der Waals surface area contributed by atoms with Crippen LogP contribution in [0.15, 0.2) is 64.2 Å². The largest absolute Gasteiger partial charge is 0.416 e. The van der Waals surface area contributed by atoms with Gasteiger partial charge in [-0.15, -0.1) is 10.2 Å². The van der Waals surface area contributed by atoms with Gasteiger partial charge in [0.05, 0.1) is 5.75 Å². The van der Waals surface area contributed by atoms with Gasteiger partial charge in [0.25, 0.3) is 5.22 Å². The number of hydrogen-bond acceptors (Lipinski definition) is 6. The Hall–Kier alpha value is -2.80. The second-order valence-electron chi connectivity index (χ2n) is 6.76. The molecule has 1 amide bonds. The van der Waals surface area contributed by atoms with E-state index in [-0.39, 0.29) is 17.6 Å². The molecule has 0 aliphatic carbocycles. The zero-order valence-corrected chi connectivity index (χ0v) is 17.1. The Morgan fingerprint density at radius 1 is 1.11 bits per heavy atom. The van der Waals surface area contributed by atoms with E-state index in [1.165, 1.54) is 17.3 Å². The van der Waals surface area contributed by atoms with Crippen LogP contribution in [-0.4, -0.2) is 36.0 Å². The molecule has 28 heavy (non-hydrogen) atoms. The van der Waals surface area contributed by atoms with Gasteiger partial charge in [0.2, 0.25) is 11.8 Å². The molecule has 1 heterocycles. The lowest BCUT2D eigenvalue weighted by molar-refractivity contribution is -0.113. The van der Waals surface area contributed by atoms with Crippen molar-refractivity contribution in [3.05, 3.63) is 66.1 Å². The first-order valence-corrected chi connectivity index (χ1v) is 10.1. The second-order valence-corrected chi connectivity index (χ2v) is 7.68. The van der Waals surface area contributed by atoms with Gasteiger partial charge in [0.15, 0.2) is 0 Å². The summed E-state index contributed by atoms with van der Waals surface area (Å²) in [5.41, 5.74) is 3.07. The maximum absolute atomic E-state index is 12.1. The van der Waals surface area contributed by atoms with Crippen molar-refractivity contribution in [2.45, 2.75) is 24.5 Å². The van der Waals surface area contributed by atoms with Gasteiger partial charge in [-0.2, -0.15) is 0 Å². The van der Waals surface area contributed by atoms with E-state index in [1.807, 2.05) is 61.5 Å². The first-order valence-electron chi connectivity index (χ1n) is 9.08. The monoisotopic (exact) mass is 396 g/mol. The predicted molar refractivity (Wildman–Crippen MR) is 113 cm³/mol. The van der Waals surface area contributed by atoms with Gasteiger partial charge in [-0.1, -0.05) is 49.0 Å². The highest BCUT2D eigenvalue weighted by atomic mass is 32.2. The van der Waals surface area contributed by atoms with Gasteiger partial charge < -0.3 is 14.6 Å². The highest BCUT2D eigenvalue weighted by molar-refractivity contribution is 7.99. The topological polar surface area (TPSA) is 71.3 Å². The van der Waals surface area contributed by atoms with Gasteiger partial charge >= 0.3 is 0 Å². The van der Waals surface area contributed by atoms with Gasteiger partial charge in [0.1, 0.15) is 0 Å². The molecule has 0 fully saturated rings. The molecule has 1 unspecified atom stereocenters. The molecule has 0 bridgehead atoms. The average molecular weight is 397 g/mol. The Kier molecular flexibility index (Phi) is 6.71. The first-order chi connectivity index (χ1) is 13.5. The number of carbonyl (C=O) groups is 1. The fourth-order valence-corrected chi connectivity index (χ4v) is 3.29. The summed E-state index contributed by atoms with van der Waals surface area (Å²) in [4.78, 5) is 14.1. The lowest BCUT2D eigenvalue weighted by atomic mass is 9.98. The third-order valence-electron chi connectivity index (χ3n) is 4.29. The van der Waals surface area contributed by atoms with Crippen molar-refractivity contribution < 1.29 is 9.21 Å². The molecule has 2 aromatic carbocycles. The molecule has 146 valence electrons. The van der Waals surface area contributed by atoms with Crippen LogP contribution < -0.4 is 10.2 Å². The predicted octanol–water partition coefficient (Wildman–Crippen LogP) is 4.21. The molecule has 0 spiro atoms. The summed E-state index contributed by atoms with van der Waals surface area (Å²) in [6.45, 7) is 2.13. The Morgan fingerprint density at radius 2 is 1.82 bits per heavy atom. The molecular weight excluding hydrogens is 372 g/mol. The number of aromatic nitrogens is 2. The highest BCUT2D eigenvalue weighted by Gasteiger charge is 2.14. The van der Waals surface area contributed by atoms with Gasteiger partial charge in [-0.05, 0) is 35.7 Å². The third-order valence-corrected chi connectivity index (χ3v) is 5.11. The van der Waals surface area contributed by atoms with Crippen LogP contribution in [-0.2, 0) is 11.2 Å². The smallest absolute Gasteiger partial charge is 0.277 e. The number of nitrogens with one attached hydrogen (secondary N) is 1. The van der Waals surface area contributed by atoms with E-state index in [2.05, 4.69) is 34.6 Å². The Balaban J connectivity index is 1.48. The Labute approximate surface area is 169 Å². The fourth-order valence-electron chi connectivity index (χ4n) is 2.71. The van der Waals surface area contributed by atoms with Crippen LogP contribution >= 0.6 is 11.8 Å². The molecule has 7 heteroatoms. The Bertz CT molecular complexity index is 894. The zero-order chi connectivity index (χ0) is 19.9. The van der Waals surface area contributed by atoms with Crippen LogP contribution in [0.5, 0.6) is 0 Å². The molecule has 1 N–H and O–H groups in total. The van der Waals surface area contributed by atoms with Crippen molar-refractivity contribution in [3.63, 3.8) is 0 Å². The van der Waals surface area contributed by atoms with Gasteiger partial charge in [0, 0.05) is 31.9 Å². The molecule has 3 aromatic rings. The molecule has 1 aromatic heterocycles. The summed E-state index contributed by atoms with van der Waals surface area (Å²) in [5.74, 6) is 0.970. The van der Waals surface area contributed by atoms with Crippen molar-refractivity contribution in [2.75, 3.05) is 30.1 Å². The number of rotatable bonds is 8. The minimum atomic E-state index is -0.111. The SMILES string of the molecule is CC(Cc1nnc(SCC(=O)Nc2ccc(N(C)C)cc2)o1)c1ccccc1. The maximum atomic E-state index is 12.1. The van der Waals surface area contributed by atoms with Crippen LogP contribution in [0.4, 0.5) is 11.4 Å². The zero-order valence-electron chi connectivity index (χ0n) is 16.3. The first kappa shape index (κ1) is 19.9. The molecule has 1 atom stereocenters. The summed E-state index contributed by atoms with van der Waals surface area (Å²) in [6, 6.07) is 17.9. The van der Waals surface area contributed by atoms with E-state index >= 15 is 0 Å². The lowest BCUT2D eigenvalue weighted by Gasteiger charge is -2.12. The number of benzene rings is 2. The van der Waals surface area contributed by atoms with Crippen LogP contribution in [0.3, 0.4) is 0 Å². The number of thioether (sulfide) groups is 1. The normalized spacial score (nSPS) is 11.8. The molecule has 0 saturated carbocycles. The second kappa shape index (κ2) is 9.41.